The third-order valence-electron chi connectivity index (χ3n) is 2.72. The van der Waals surface area contributed by atoms with Gasteiger partial charge in [0.2, 0.25) is 0 Å². The van der Waals surface area contributed by atoms with Crippen LogP contribution < -0.4 is 5.32 Å². The van der Waals surface area contributed by atoms with E-state index < -0.39 is 6.17 Å². The van der Waals surface area contributed by atoms with E-state index in [0.29, 0.717) is 12.8 Å². The molecule has 0 saturated carbocycles. The Morgan fingerprint density at radius 3 is 2.87 bits per heavy atom. The SMILES string of the molecule is C=C(NC1=NCC=C1)N1CCC(F)CC1. The highest BCUT2D eigenvalue weighted by molar-refractivity contribution is 5.95. The largest absolute Gasteiger partial charge is 0.358 e. The molecule has 4 heteroatoms. The quantitative estimate of drug-likeness (QED) is 0.745. The summed E-state index contributed by atoms with van der Waals surface area (Å²) >= 11 is 0. The second-order valence-electron chi connectivity index (χ2n) is 3.86. The third kappa shape index (κ3) is 2.58. The fourth-order valence-electron chi connectivity index (χ4n) is 1.79. The fraction of sp³-hybridized carbons (Fsp3) is 0.545. The normalized spacial score (nSPS) is 21.7. The van der Waals surface area contributed by atoms with Crippen molar-refractivity contribution in [1.82, 2.24) is 10.2 Å². The van der Waals surface area contributed by atoms with Crippen LogP contribution in [0.1, 0.15) is 12.8 Å². The van der Waals surface area contributed by atoms with Crippen LogP contribution in [-0.2, 0) is 0 Å². The number of rotatable bonds is 2. The van der Waals surface area contributed by atoms with Crippen LogP contribution in [0.15, 0.2) is 29.5 Å². The van der Waals surface area contributed by atoms with Crippen LogP contribution in [0.2, 0.25) is 0 Å². The van der Waals surface area contributed by atoms with Crippen molar-refractivity contribution in [3.63, 3.8) is 0 Å². The zero-order valence-electron chi connectivity index (χ0n) is 8.75. The van der Waals surface area contributed by atoms with E-state index in [4.69, 9.17) is 0 Å². The number of aliphatic imine (C=N–C) groups is 1. The van der Waals surface area contributed by atoms with Gasteiger partial charge in [0, 0.05) is 13.1 Å². The molecule has 0 spiro atoms. The van der Waals surface area contributed by atoms with Crippen molar-refractivity contribution in [3.05, 3.63) is 24.6 Å². The van der Waals surface area contributed by atoms with Crippen LogP contribution in [0.4, 0.5) is 4.39 Å². The molecule has 0 aromatic carbocycles. The molecule has 1 N–H and O–H groups in total. The van der Waals surface area contributed by atoms with E-state index in [2.05, 4.69) is 21.8 Å². The van der Waals surface area contributed by atoms with Crippen LogP contribution in [0, 0.1) is 0 Å². The van der Waals surface area contributed by atoms with E-state index >= 15 is 0 Å². The number of nitrogens with one attached hydrogen (secondary N) is 1. The average Bonchev–Trinajstić information content (AvgIpc) is 2.71. The number of nitrogens with zero attached hydrogens (tertiary/aromatic N) is 2. The Balaban J connectivity index is 1.83. The van der Waals surface area contributed by atoms with Gasteiger partial charge in [0.1, 0.15) is 12.0 Å². The Hall–Kier alpha value is -1.32. The van der Waals surface area contributed by atoms with Crippen LogP contribution in [0.3, 0.4) is 0 Å². The molecular weight excluding hydrogens is 193 g/mol. The highest BCUT2D eigenvalue weighted by atomic mass is 19.1. The molecule has 0 aliphatic carbocycles. The van der Waals surface area contributed by atoms with Gasteiger partial charge >= 0.3 is 0 Å². The number of likely N-dealkylation sites (tertiary alicyclic amines) is 1. The maximum absolute atomic E-state index is 12.9. The van der Waals surface area contributed by atoms with Gasteiger partial charge in [-0.15, -0.1) is 0 Å². The number of piperidine rings is 1. The monoisotopic (exact) mass is 209 g/mol. The molecule has 0 radical (unpaired) electrons. The first kappa shape index (κ1) is 10.2. The van der Waals surface area contributed by atoms with Crippen LogP contribution >= 0.6 is 0 Å². The number of hydrogen-bond donors (Lipinski definition) is 1. The molecule has 0 bridgehead atoms. The Morgan fingerprint density at radius 2 is 2.27 bits per heavy atom. The maximum atomic E-state index is 12.9. The van der Waals surface area contributed by atoms with E-state index in [1.807, 2.05) is 12.2 Å². The molecule has 2 aliphatic heterocycles. The second-order valence-corrected chi connectivity index (χ2v) is 3.86. The Labute approximate surface area is 89.4 Å². The predicted octanol–water partition coefficient (Wildman–Crippen LogP) is 1.45. The van der Waals surface area contributed by atoms with Crippen molar-refractivity contribution in [1.29, 1.82) is 0 Å². The van der Waals surface area contributed by atoms with Crippen molar-refractivity contribution < 1.29 is 4.39 Å². The van der Waals surface area contributed by atoms with E-state index in [1.165, 1.54) is 0 Å². The summed E-state index contributed by atoms with van der Waals surface area (Å²) in [5.41, 5.74) is 0. The number of amidine groups is 1. The summed E-state index contributed by atoms with van der Waals surface area (Å²) in [4.78, 5) is 6.29. The van der Waals surface area contributed by atoms with Gasteiger partial charge in [-0.25, -0.2) is 4.39 Å². The molecular formula is C11H16FN3. The molecule has 1 fully saturated rings. The zero-order chi connectivity index (χ0) is 10.7. The van der Waals surface area contributed by atoms with E-state index in [9.17, 15) is 4.39 Å². The van der Waals surface area contributed by atoms with Gasteiger partial charge < -0.3 is 10.2 Å². The summed E-state index contributed by atoms with van der Waals surface area (Å²) in [6, 6.07) is 0. The van der Waals surface area contributed by atoms with Gasteiger partial charge in [-0.05, 0) is 18.9 Å². The van der Waals surface area contributed by atoms with Gasteiger partial charge in [0.15, 0.2) is 0 Å². The molecule has 0 aromatic rings. The summed E-state index contributed by atoms with van der Waals surface area (Å²) < 4.78 is 12.9. The van der Waals surface area contributed by atoms with Crippen molar-refractivity contribution in [3.8, 4) is 0 Å². The highest BCUT2D eigenvalue weighted by Gasteiger charge is 2.19. The Bertz CT molecular complexity index is 301. The number of halogens is 1. The van der Waals surface area contributed by atoms with Gasteiger partial charge in [-0.2, -0.15) is 0 Å². The first-order valence-corrected chi connectivity index (χ1v) is 5.31. The molecule has 0 aromatic heterocycles. The molecule has 0 atom stereocenters. The summed E-state index contributed by atoms with van der Waals surface area (Å²) in [5, 5.41) is 3.14. The lowest BCUT2D eigenvalue weighted by Crippen LogP contribution is -2.39. The minimum Gasteiger partial charge on any atom is -0.358 e. The summed E-state index contributed by atoms with van der Waals surface area (Å²) in [5.74, 6) is 1.68. The molecule has 15 heavy (non-hydrogen) atoms. The fourth-order valence-corrected chi connectivity index (χ4v) is 1.79. The van der Waals surface area contributed by atoms with Crippen molar-refractivity contribution in [2.24, 2.45) is 4.99 Å². The molecule has 1 saturated heterocycles. The second kappa shape index (κ2) is 4.47. The van der Waals surface area contributed by atoms with Gasteiger partial charge in [0.25, 0.3) is 0 Å². The van der Waals surface area contributed by atoms with Crippen molar-refractivity contribution >= 4 is 5.84 Å². The molecule has 2 aliphatic rings. The summed E-state index contributed by atoms with van der Waals surface area (Å²) in [6.07, 6.45) is 4.49. The van der Waals surface area contributed by atoms with Gasteiger partial charge in [-0.1, -0.05) is 12.7 Å². The average molecular weight is 209 g/mol. The number of hydrogen-bond acceptors (Lipinski definition) is 3. The highest BCUT2D eigenvalue weighted by Crippen LogP contribution is 2.15. The maximum Gasteiger partial charge on any atom is 0.126 e. The molecule has 82 valence electrons. The van der Waals surface area contributed by atoms with Crippen LogP contribution in [0.5, 0.6) is 0 Å². The smallest absolute Gasteiger partial charge is 0.126 e. The lowest BCUT2D eigenvalue weighted by Gasteiger charge is -2.32. The number of alkyl halides is 1. The zero-order valence-corrected chi connectivity index (χ0v) is 8.75. The topological polar surface area (TPSA) is 27.6 Å². The van der Waals surface area contributed by atoms with Crippen molar-refractivity contribution in [2.45, 2.75) is 19.0 Å². The van der Waals surface area contributed by atoms with E-state index in [0.717, 1.165) is 31.3 Å². The molecule has 2 heterocycles. The summed E-state index contributed by atoms with van der Waals surface area (Å²) in [6.45, 7) is 6.16. The Morgan fingerprint density at radius 1 is 1.53 bits per heavy atom. The lowest BCUT2D eigenvalue weighted by atomic mass is 10.1. The third-order valence-corrected chi connectivity index (χ3v) is 2.72. The van der Waals surface area contributed by atoms with Gasteiger partial charge in [0.05, 0.1) is 12.4 Å². The standard InChI is InChI=1S/C11H16FN3/c1-9(14-11-3-2-6-13-11)15-7-4-10(12)5-8-15/h2-3,10H,1,4-8H2,(H,13,14). The lowest BCUT2D eigenvalue weighted by molar-refractivity contribution is 0.176. The molecule has 0 amide bonds. The minimum absolute atomic E-state index is 0.600. The van der Waals surface area contributed by atoms with Crippen molar-refractivity contribution in [2.75, 3.05) is 19.6 Å². The molecule has 3 nitrogen and oxygen atoms in total. The predicted molar refractivity (Wildman–Crippen MR) is 59.4 cm³/mol. The van der Waals surface area contributed by atoms with E-state index in [-0.39, 0.29) is 0 Å². The molecule has 0 unspecified atom stereocenters. The van der Waals surface area contributed by atoms with Crippen LogP contribution in [0.25, 0.3) is 0 Å². The first-order valence-electron chi connectivity index (χ1n) is 5.31. The molecule has 2 rings (SSSR count). The Kier molecular flexibility index (Phi) is 3.04. The van der Waals surface area contributed by atoms with Crippen LogP contribution in [-0.4, -0.2) is 36.5 Å². The first-order chi connectivity index (χ1) is 7.25. The summed E-state index contributed by atoms with van der Waals surface area (Å²) in [7, 11) is 0. The van der Waals surface area contributed by atoms with Gasteiger partial charge in [-0.3, -0.25) is 4.99 Å². The van der Waals surface area contributed by atoms with E-state index in [1.54, 1.807) is 0 Å². The minimum atomic E-state index is -0.641.